The van der Waals surface area contributed by atoms with Crippen LogP contribution in [-0.2, 0) is 16.3 Å². The second-order valence-corrected chi connectivity index (χ2v) is 8.34. The fraction of sp³-hybridized carbons (Fsp3) is 0.385. The van der Waals surface area contributed by atoms with Crippen molar-refractivity contribution in [2.24, 2.45) is 0 Å². The molecular formula is C13H16N2O2S2. The summed E-state index contributed by atoms with van der Waals surface area (Å²) in [5.74, 6) is 0. The van der Waals surface area contributed by atoms with Gasteiger partial charge in [0.2, 0.25) is 0 Å². The van der Waals surface area contributed by atoms with Crippen molar-refractivity contribution in [3.63, 3.8) is 0 Å². The summed E-state index contributed by atoms with van der Waals surface area (Å²) in [6, 6.07) is 6.94. The van der Waals surface area contributed by atoms with Gasteiger partial charge in [-0.05, 0) is 44.4 Å². The molecule has 19 heavy (non-hydrogen) atoms. The molecule has 1 aromatic carbocycles. The lowest BCUT2D eigenvalue weighted by atomic mass is 10.1. The minimum absolute atomic E-state index is 0.353. The van der Waals surface area contributed by atoms with Crippen molar-refractivity contribution in [2.45, 2.75) is 36.8 Å². The van der Waals surface area contributed by atoms with E-state index in [2.05, 4.69) is 9.59 Å². The molecule has 0 fully saturated rings. The summed E-state index contributed by atoms with van der Waals surface area (Å²) in [6.45, 7) is 5.38. The van der Waals surface area contributed by atoms with Crippen molar-refractivity contribution < 1.29 is 8.42 Å². The fourth-order valence-electron chi connectivity index (χ4n) is 1.83. The van der Waals surface area contributed by atoms with Crippen LogP contribution in [-0.4, -0.2) is 22.8 Å². The number of aryl methyl sites for hydroxylation is 1. The van der Waals surface area contributed by atoms with Crippen LogP contribution in [0.4, 0.5) is 0 Å². The Hall–Kier alpha value is -1.27. The predicted octanol–water partition coefficient (Wildman–Crippen LogP) is 2.64. The molecule has 0 aliphatic rings. The SMILES string of the molecule is Cc1ccc(S(=O)(=O)C(C)(C)Cc2csnn2)cc1. The predicted molar refractivity (Wildman–Crippen MR) is 76.1 cm³/mol. The van der Waals surface area contributed by atoms with Gasteiger partial charge in [0.15, 0.2) is 9.84 Å². The van der Waals surface area contributed by atoms with E-state index in [0.717, 1.165) is 5.56 Å². The molecule has 1 heterocycles. The molecule has 0 saturated heterocycles. The maximum atomic E-state index is 12.6. The number of hydrogen-bond acceptors (Lipinski definition) is 5. The molecule has 0 amide bonds. The lowest BCUT2D eigenvalue weighted by Crippen LogP contribution is -2.34. The summed E-state index contributed by atoms with van der Waals surface area (Å²) in [5.41, 5.74) is 1.76. The molecule has 0 saturated carbocycles. The molecule has 0 spiro atoms. The lowest BCUT2D eigenvalue weighted by Gasteiger charge is -2.23. The van der Waals surface area contributed by atoms with Crippen LogP contribution in [0.3, 0.4) is 0 Å². The van der Waals surface area contributed by atoms with Gasteiger partial charge in [0.1, 0.15) is 0 Å². The molecule has 0 radical (unpaired) electrons. The van der Waals surface area contributed by atoms with Crippen LogP contribution in [0.2, 0.25) is 0 Å². The van der Waals surface area contributed by atoms with Crippen molar-refractivity contribution in [2.75, 3.05) is 0 Å². The zero-order valence-corrected chi connectivity index (χ0v) is 12.8. The van der Waals surface area contributed by atoms with Gasteiger partial charge < -0.3 is 0 Å². The van der Waals surface area contributed by atoms with Gasteiger partial charge in [0.25, 0.3) is 0 Å². The molecule has 0 bridgehead atoms. The van der Waals surface area contributed by atoms with Gasteiger partial charge in [0, 0.05) is 11.8 Å². The number of benzene rings is 1. The van der Waals surface area contributed by atoms with Gasteiger partial charge in [-0.25, -0.2) is 8.42 Å². The molecule has 102 valence electrons. The minimum Gasteiger partial charge on any atom is -0.223 e. The minimum atomic E-state index is -3.39. The Morgan fingerprint density at radius 3 is 2.37 bits per heavy atom. The van der Waals surface area contributed by atoms with E-state index in [-0.39, 0.29) is 0 Å². The van der Waals surface area contributed by atoms with Crippen molar-refractivity contribution in [1.29, 1.82) is 0 Å². The average molecular weight is 296 g/mol. The Morgan fingerprint density at radius 2 is 1.84 bits per heavy atom. The molecular weight excluding hydrogens is 280 g/mol. The van der Waals surface area contributed by atoms with E-state index < -0.39 is 14.6 Å². The first-order valence-electron chi connectivity index (χ1n) is 5.90. The van der Waals surface area contributed by atoms with Gasteiger partial charge in [-0.1, -0.05) is 22.2 Å². The molecule has 0 aliphatic carbocycles. The Labute approximate surface area is 117 Å². The van der Waals surface area contributed by atoms with Gasteiger partial charge in [-0.3, -0.25) is 0 Å². The highest BCUT2D eigenvalue weighted by Crippen LogP contribution is 2.28. The largest absolute Gasteiger partial charge is 0.223 e. The van der Waals surface area contributed by atoms with Gasteiger partial charge in [0.05, 0.1) is 15.3 Å². The third-order valence-corrected chi connectivity index (χ3v) is 6.12. The second kappa shape index (κ2) is 5.02. The maximum absolute atomic E-state index is 12.6. The number of nitrogens with zero attached hydrogens (tertiary/aromatic N) is 2. The molecule has 6 heteroatoms. The van der Waals surface area contributed by atoms with Crippen molar-refractivity contribution in [3.05, 3.63) is 40.9 Å². The molecule has 0 N–H and O–H groups in total. The molecule has 2 rings (SSSR count). The van der Waals surface area contributed by atoms with E-state index in [1.807, 2.05) is 19.1 Å². The monoisotopic (exact) mass is 296 g/mol. The Bertz CT molecular complexity index is 644. The molecule has 4 nitrogen and oxygen atoms in total. The standard InChI is InChI=1S/C13H16N2O2S2/c1-10-4-6-12(7-5-10)19(16,17)13(2,3)8-11-9-18-15-14-11/h4-7,9H,8H2,1-3H3. The molecule has 0 atom stereocenters. The van der Waals surface area contributed by atoms with Crippen LogP contribution in [0.1, 0.15) is 25.1 Å². The molecule has 0 unspecified atom stereocenters. The Balaban J connectivity index is 2.35. The first-order valence-corrected chi connectivity index (χ1v) is 8.22. The summed E-state index contributed by atoms with van der Waals surface area (Å²) in [6.07, 6.45) is 0.361. The van der Waals surface area contributed by atoms with E-state index in [9.17, 15) is 8.42 Å². The van der Waals surface area contributed by atoms with Crippen LogP contribution >= 0.6 is 11.5 Å². The second-order valence-electron chi connectivity index (χ2n) is 5.15. The third-order valence-electron chi connectivity index (χ3n) is 3.07. The van der Waals surface area contributed by atoms with Crippen LogP contribution in [0.5, 0.6) is 0 Å². The summed E-state index contributed by atoms with van der Waals surface area (Å²) in [7, 11) is -3.39. The van der Waals surface area contributed by atoms with Crippen LogP contribution in [0.25, 0.3) is 0 Å². The number of sulfone groups is 1. The fourth-order valence-corrected chi connectivity index (χ4v) is 3.75. The maximum Gasteiger partial charge on any atom is 0.183 e. The molecule has 2 aromatic rings. The van der Waals surface area contributed by atoms with Gasteiger partial charge in [-0.15, -0.1) is 5.10 Å². The van der Waals surface area contributed by atoms with E-state index >= 15 is 0 Å². The first-order chi connectivity index (χ1) is 8.83. The number of hydrogen-bond donors (Lipinski definition) is 0. The van der Waals surface area contributed by atoms with Crippen molar-refractivity contribution in [1.82, 2.24) is 9.59 Å². The van der Waals surface area contributed by atoms with Gasteiger partial charge >= 0.3 is 0 Å². The summed E-state index contributed by atoms with van der Waals surface area (Å²) in [5, 5.41) is 5.71. The summed E-state index contributed by atoms with van der Waals surface area (Å²) >= 11 is 1.23. The highest BCUT2D eigenvalue weighted by atomic mass is 32.2. The van der Waals surface area contributed by atoms with Gasteiger partial charge in [-0.2, -0.15) is 0 Å². The molecule has 1 aromatic heterocycles. The summed E-state index contributed by atoms with van der Waals surface area (Å²) < 4.78 is 28.2. The van der Waals surface area contributed by atoms with Crippen LogP contribution < -0.4 is 0 Å². The highest BCUT2D eigenvalue weighted by molar-refractivity contribution is 7.92. The summed E-state index contributed by atoms with van der Waals surface area (Å²) in [4.78, 5) is 0.353. The first kappa shape index (κ1) is 14.1. The Kier molecular flexibility index (Phi) is 3.73. The van der Waals surface area contributed by atoms with Crippen molar-refractivity contribution >= 4 is 21.4 Å². The van der Waals surface area contributed by atoms with E-state index in [0.29, 0.717) is 17.0 Å². The molecule has 0 aliphatic heterocycles. The van der Waals surface area contributed by atoms with Crippen molar-refractivity contribution in [3.8, 4) is 0 Å². The van der Waals surface area contributed by atoms with E-state index in [4.69, 9.17) is 0 Å². The zero-order chi connectivity index (χ0) is 14.1. The lowest BCUT2D eigenvalue weighted by molar-refractivity contribution is 0.541. The average Bonchev–Trinajstić information content (AvgIpc) is 2.81. The van der Waals surface area contributed by atoms with Crippen LogP contribution in [0, 0.1) is 6.92 Å². The van der Waals surface area contributed by atoms with E-state index in [1.165, 1.54) is 11.5 Å². The number of aromatic nitrogens is 2. The normalized spacial score (nSPS) is 12.6. The Morgan fingerprint density at radius 1 is 1.21 bits per heavy atom. The highest BCUT2D eigenvalue weighted by Gasteiger charge is 2.36. The third kappa shape index (κ3) is 2.84. The zero-order valence-electron chi connectivity index (χ0n) is 11.1. The van der Waals surface area contributed by atoms with Crippen LogP contribution in [0.15, 0.2) is 34.5 Å². The van der Waals surface area contributed by atoms with E-state index in [1.54, 1.807) is 31.4 Å². The quantitative estimate of drug-likeness (QED) is 0.870. The number of rotatable bonds is 4. The topological polar surface area (TPSA) is 59.9 Å². The smallest absolute Gasteiger partial charge is 0.183 e.